The summed E-state index contributed by atoms with van der Waals surface area (Å²) in [5.41, 5.74) is 9.67. The summed E-state index contributed by atoms with van der Waals surface area (Å²) in [6.45, 7) is 12.5. The summed E-state index contributed by atoms with van der Waals surface area (Å²) in [6, 6.07) is 4.55. The minimum absolute atomic E-state index is 0.0794. The number of benzene rings is 1. The number of ether oxygens (including phenoxy) is 1. The standard InChI is InChI=1S/C16H28N2O/c1-11-8-15(19-6)12(2)7-14(11)16(4,5)10-18-9-13(3)17/h7-8,13,18H,9-10,17H2,1-6H3. The lowest BCUT2D eigenvalue weighted by atomic mass is 9.81. The molecule has 0 radical (unpaired) electrons. The van der Waals surface area contributed by atoms with Crippen molar-refractivity contribution in [1.29, 1.82) is 0 Å². The second kappa shape index (κ2) is 6.40. The van der Waals surface area contributed by atoms with Gasteiger partial charge in [-0.2, -0.15) is 0 Å². The van der Waals surface area contributed by atoms with E-state index in [0.717, 1.165) is 18.8 Å². The van der Waals surface area contributed by atoms with Crippen LogP contribution in [0, 0.1) is 13.8 Å². The van der Waals surface area contributed by atoms with Gasteiger partial charge in [0.15, 0.2) is 0 Å². The fourth-order valence-corrected chi connectivity index (χ4v) is 2.45. The summed E-state index contributed by atoms with van der Waals surface area (Å²) < 4.78 is 5.37. The number of methoxy groups -OCH3 is 1. The van der Waals surface area contributed by atoms with Crippen LogP contribution in [0.2, 0.25) is 0 Å². The fourth-order valence-electron chi connectivity index (χ4n) is 2.45. The van der Waals surface area contributed by atoms with Crippen molar-refractivity contribution in [2.24, 2.45) is 5.73 Å². The zero-order valence-corrected chi connectivity index (χ0v) is 13.1. The quantitative estimate of drug-likeness (QED) is 0.830. The summed E-state index contributed by atoms with van der Waals surface area (Å²) in [6.07, 6.45) is 0. The van der Waals surface area contributed by atoms with Crippen LogP contribution in [0.4, 0.5) is 0 Å². The smallest absolute Gasteiger partial charge is 0.122 e. The first kappa shape index (κ1) is 16.0. The topological polar surface area (TPSA) is 47.3 Å². The molecule has 0 saturated heterocycles. The Kier molecular flexibility index (Phi) is 5.39. The van der Waals surface area contributed by atoms with Gasteiger partial charge in [0, 0.05) is 24.5 Å². The van der Waals surface area contributed by atoms with Crippen LogP contribution in [0.25, 0.3) is 0 Å². The Bertz CT molecular complexity index is 425. The third-order valence-corrected chi connectivity index (χ3v) is 3.50. The van der Waals surface area contributed by atoms with E-state index in [0.29, 0.717) is 0 Å². The molecule has 1 unspecified atom stereocenters. The van der Waals surface area contributed by atoms with Gasteiger partial charge >= 0.3 is 0 Å². The van der Waals surface area contributed by atoms with E-state index in [9.17, 15) is 0 Å². The van der Waals surface area contributed by atoms with Crippen LogP contribution in [-0.4, -0.2) is 26.2 Å². The van der Waals surface area contributed by atoms with Gasteiger partial charge in [0.25, 0.3) is 0 Å². The maximum Gasteiger partial charge on any atom is 0.122 e. The summed E-state index contributed by atoms with van der Waals surface area (Å²) in [7, 11) is 1.72. The number of hydrogen-bond donors (Lipinski definition) is 2. The summed E-state index contributed by atoms with van der Waals surface area (Å²) in [5, 5.41) is 3.44. The molecule has 0 aromatic heterocycles. The third-order valence-electron chi connectivity index (χ3n) is 3.50. The van der Waals surface area contributed by atoms with E-state index < -0.39 is 0 Å². The van der Waals surface area contributed by atoms with E-state index >= 15 is 0 Å². The van der Waals surface area contributed by atoms with Gasteiger partial charge in [-0.05, 0) is 43.5 Å². The number of nitrogens with two attached hydrogens (primary N) is 1. The first-order valence-electron chi connectivity index (χ1n) is 6.90. The van der Waals surface area contributed by atoms with Crippen molar-refractivity contribution >= 4 is 0 Å². The average Bonchev–Trinajstić information content (AvgIpc) is 2.30. The van der Waals surface area contributed by atoms with Crippen molar-refractivity contribution < 1.29 is 4.74 Å². The minimum Gasteiger partial charge on any atom is -0.496 e. The predicted molar refractivity (Wildman–Crippen MR) is 82.0 cm³/mol. The number of rotatable bonds is 6. The van der Waals surface area contributed by atoms with Gasteiger partial charge in [0.1, 0.15) is 5.75 Å². The SMILES string of the molecule is COc1cc(C)c(C(C)(C)CNCC(C)N)cc1C. The van der Waals surface area contributed by atoms with Crippen molar-refractivity contribution in [3.8, 4) is 5.75 Å². The van der Waals surface area contributed by atoms with Crippen LogP contribution in [0.1, 0.15) is 37.5 Å². The number of aryl methyl sites for hydroxylation is 2. The molecule has 3 N–H and O–H groups in total. The molecule has 1 atom stereocenters. The molecule has 0 aliphatic carbocycles. The molecule has 1 rings (SSSR count). The van der Waals surface area contributed by atoms with Crippen LogP contribution in [0.3, 0.4) is 0 Å². The van der Waals surface area contributed by atoms with E-state index in [4.69, 9.17) is 10.5 Å². The zero-order chi connectivity index (χ0) is 14.6. The Balaban J connectivity index is 2.91. The van der Waals surface area contributed by atoms with Crippen molar-refractivity contribution in [3.63, 3.8) is 0 Å². The van der Waals surface area contributed by atoms with Gasteiger partial charge in [-0.1, -0.05) is 19.9 Å². The van der Waals surface area contributed by atoms with Crippen molar-refractivity contribution in [2.75, 3.05) is 20.2 Å². The van der Waals surface area contributed by atoms with Gasteiger partial charge in [0.05, 0.1) is 7.11 Å². The largest absolute Gasteiger partial charge is 0.496 e. The van der Waals surface area contributed by atoms with Crippen LogP contribution in [-0.2, 0) is 5.41 Å². The molecule has 0 aliphatic heterocycles. The first-order valence-corrected chi connectivity index (χ1v) is 6.90. The second-order valence-corrected chi connectivity index (χ2v) is 6.13. The second-order valence-electron chi connectivity index (χ2n) is 6.13. The molecule has 0 fully saturated rings. The Hall–Kier alpha value is -1.06. The molecule has 1 aromatic carbocycles. The zero-order valence-electron chi connectivity index (χ0n) is 13.1. The predicted octanol–water partition coefficient (Wildman–Crippen LogP) is 2.53. The van der Waals surface area contributed by atoms with Crippen molar-refractivity contribution in [2.45, 2.75) is 46.1 Å². The summed E-state index contributed by atoms with van der Waals surface area (Å²) in [5.74, 6) is 0.959. The normalized spacial score (nSPS) is 13.4. The van der Waals surface area contributed by atoms with Crippen LogP contribution >= 0.6 is 0 Å². The van der Waals surface area contributed by atoms with Gasteiger partial charge in [-0.25, -0.2) is 0 Å². The minimum atomic E-state index is 0.0794. The third kappa shape index (κ3) is 4.22. The van der Waals surface area contributed by atoms with Crippen LogP contribution in [0.15, 0.2) is 12.1 Å². The molecule has 0 amide bonds. The van der Waals surface area contributed by atoms with E-state index in [2.05, 4.69) is 45.1 Å². The van der Waals surface area contributed by atoms with E-state index in [-0.39, 0.29) is 11.5 Å². The van der Waals surface area contributed by atoms with E-state index in [1.807, 2.05) is 6.92 Å². The Morgan fingerprint density at radius 3 is 2.42 bits per heavy atom. The molecule has 19 heavy (non-hydrogen) atoms. The number of nitrogens with one attached hydrogen (secondary N) is 1. The maximum atomic E-state index is 5.77. The van der Waals surface area contributed by atoms with E-state index in [1.165, 1.54) is 16.7 Å². The van der Waals surface area contributed by atoms with E-state index in [1.54, 1.807) is 7.11 Å². The molecule has 3 nitrogen and oxygen atoms in total. The highest BCUT2D eigenvalue weighted by atomic mass is 16.5. The lowest BCUT2D eigenvalue weighted by molar-refractivity contribution is 0.409. The monoisotopic (exact) mass is 264 g/mol. The lowest BCUT2D eigenvalue weighted by Gasteiger charge is -2.29. The van der Waals surface area contributed by atoms with Gasteiger partial charge in [0.2, 0.25) is 0 Å². The lowest BCUT2D eigenvalue weighted by Crippen LogP contribution is -2.39. The van der Waals surface area contributed by atoms with Gasteiger partial charge in [-0.15, -0.1) is 0 Å². The first-order chi connectivity index (χ1) is 8.77. The Morgan fingerprint density at radius 2 is 1.89 bits per heavy atom. The molecule has 3 heteroatoms. The highest BCUT2D eigenvalue weighted by Gasteiger charge is 2.23. The molecule has 0 saturated carbocycles. The molecule has 108 valence electrons. The average molecular weight is 264 g/mol. The van der Waals surface area contributed by atoms with Crippen LogP contribution < -0.4 is 15.8 Å². The fraction of sp³-hybridized carbons (Fsp3) is 0.625. The van der Waals surface area contributed by atoms with Crippen molar-refractivity contribution in [1.82, 2.24) is 5.32 Å². The summed E-state index contributed by atoms with van der Waals surface area (Å²) >= 11 is 0. The maximum absolute atomic E-state index is 5.77. The van der Waals surface area contributed by atoms with Crippen LogP contribution in [0.5, 0.6) is 5.75 Å². The summed E-state index contributed by atoms with van der Waals surface area (Å²) in [4.78, 5) is 0. The number of hydrogen-bond acceptors (Lipinski definition) is 3. The molecule has 0 spiro atoms. The molecule has 1 aromatic rings. The highest BCUT2D eigenvalue weighted by molar-refractivity contribution is 5.44. The highest BCUT2D eigenvalue weighted by Crippen LogP contribution is 2.31. The molecule has 0 aliphatic rings. The van der Waals surface area contributed by atoms with Gasteiger partial charge < -0.3 is 15.8 Å². The van der Waals surface area contributed by atoms with Crippen molar-refractivity contribution in [3.05, 3.63) is 28.8 Å². The molecular formula is C16H28N2O. The Morgan fingerprint density at radius 1 is 1.26 bits per heavy atom. The molecule has 0 bridgehead atoms. The molecular weight excluding hydrogens is 236 g/mol. The molecule has 0 heterocycles. The van der Waals surface area contributed by atoms with Gasteiger partial charge in [-0.3, -0.25) is 0 Å². The Labute approximate surface area is 117 Å².